The molecule has 88 valence electrons. The zero-order valence-corrected chi connectivity index (χ0v) is 9.64. The van der Waals surface area contributed by atoms with Gasteiger partial charge >= 0.3 is 4.87 Å². The molecule has 0 aliphatic rings. The molecule has 4 aromatic rings. The summed E-state index contributed by atoms with van der Waals surface area (Å²) in [5.74, 6) is 1.05. The Balaban J connectivity index is 2.10. The summed E-state index contributed by atoms with van der Waals surface area (Å²) in [5.41, 5.74) is 1.12. The lowest BCUT2D eigenvalue weighted by Crippen LogP contribution is -1.92. The van der Waals surface area contributed by atoms with Crippen molar-refractivity contribution in [1.29, 1.82) is 0 Å². The fourth-order valence-corrected chi connectivity index (χ4v) is 2.51. The van der Waals surface area contributed by atoms with Crippen molar-refractivity contribution < 1.29 is 4.42 Å². The average Bonchev–Trinajstić information content (AvgIpc) is 3.05. The van der Waals surface area contributed by atoms with Gasteiger partial charge in [0.2, 0.25) is 5.82 Å². The van der Waals surface area contributed by atoms with Crippen molar-refractivity contribution in [2.45, 2.75) is 0 Å². The summed E-state index contributed by atoms with van der Waals surface area (Å²) < 4.78 is 7.46. The third kappa shape index (κ3) is 1.23. The van der Waals surface area contributed by atoms with Gasteiger partial charge in [-0.2, -0.15) is 0 Å². The van der Waals surface area contributed by atoms with Gasteiger partial charge in [-0.05, 0) is 12.1 Å². The third-order valence-corrected chi connectivity index (χ3v) is 3.37. The number of thiazole rings is 1. The first-order valence-corrected chi connectivity index (χ1v) is 5.91. The summed E-state index contributed by atoms with van der Waals surface area (Å²) in [6.07, 6.45) is 3.07. The van der Waals surface area contributed by atoms with E-state index in [0.29, 0.717) is 27.6 Å². The Morgan fingerprint density at radius 2 is 2.39 bits per heavy atom. The molecule has 0 spiro atoms. The van der Waals surface area contributed by atoms with Gasteiger partial charge in [0.1, 0.15) is 11.0 Å². The first kappa shape index (κ1) is 9.54. The van der Waals surface area contributed by atoms with Gasteiger partial charge in [-0.15, -0.1) is 5.10 Å². The van der Waals surface area contributed by atoms with Gasteiger partial charge in [0.15, 0.2) is 17.1 Å². The molecule has 0 fully saturated rings. The lowest BCUT2D eigenvalue weighted by molar-refractivity contribution is 0.577. The topological polar surface area (TPSA) is 89.1 Å². The van der Waals surface area contributed by atoms with Crippen LogP contribution in [0.2, 0.25) is 0 Å². The fraction of sp³-hybridized carbons (Fsp3) is 0. The molecule has 0 aromatic carbocycles. The maximum atomic E-state index is 11.3. The molecule has 4 rings (SSSR count). The molecule has 18 heavy (non-hydrogen) atoms. The van der Waals surface area contributed by atoms with Crippen LogP contribution in [0, 0.1) is 0 Å². The van der Waals surface area contributed by atoms with Crippen LogP contribution in [0.15, 0.2) is 33.9 Å². The fourth-order valence-electron chi connectivity index (χ4n) is 1.74. The quantitative estimate of drug-likeness (QED) is 0.556. The van der Waals surface area contributed by atoms with Crippen LogP contribution in [0.4, 0.5) is 0 Å². The molecule has 0 aliphatic heterocycles. The Hall–Kier alpha value is -2.48. The highest BCUT2D eigenvalue weighted by molar-refractivity contribution is 7.17. The maximum Gasteiger partial charge on any atom is 0.306 e. The molecule has 0 atom stereocenters. The summed E-state index contributed by atoms with van der Waals surface area (Å²) in [6.45, 7) is 0. The second-order valence-corrected chi connectivity index (χ2v) is 4.60. The molecule has 1 N–H and O–H groups in total. The monoisotopic (exact) mass is 259 g/mol. The van der Waals surface area contributed by atoms with Crippen LogP contribution in [0.1, 0.15) is 0 Å². The first-order chi connectivity index (χ1) is 8.81. The van der Waals surface area contributed by atoms with E-state index in [-0.39, 0.29) is 4.87 Å². The molecule has 0 amide bonds. The van der Waals surface area contributed by atoms with E-state index in [9.17, 15) is 4.79 Å². The van der Waals surface area contributed by atoms with E-state index in [2.05, 4.69) is 20.1 Å². The van der Waals surface area contributed by atoms with Crippen LogP contribution >= 0.6 is 11.3 Å². The van der Waals surface area contributed by atoms with Gasteiger partial charge in [0.05, 0.1) is 6.26 Å². The molecule has 8 heteroatoms. The highest BCUT2D eigenvalue weighted by atomic mass is 32.1. The number of aromatic amines is 1. The van der Waals surface area contributed by atoms with Crippen molar-refractivity contribution in [3.05, 3.63) is 34.4 Å². The SMILES string of the molecule is O=c1[nH]c2ncn3nc(-c4ccco4)nc3c2s1. The predicted molar refractivity (Wildman–Crippen MR) is 64.5 cm³/mol. The Morgan fingerprint density at radius 1 is 1.44 bits per heavy atom. The molecule has 0 aliphatic carbocycles. The van der Waals surface area contributed by atoms with Crippen molar-refractivity contribution in [1.82, 2.24) is 24.6 Å². The van der Waals surface area contributed by atoms with Gasteiger partial charge in [-0.25, -0.2) is 14.5 Å². The van der Waals surface area contributed by atoms with Crippen LogP contribution in [0.25, 0.3) is 27.6 Å². The summed E-state index contributed by atoms with van der Waals surface area (Å²) >= 11 is 1.06. The van der Waals surface area contributed by atoms with Crippen LogP contribution < -0.4 is 4.87 Å². The lowest BCUT2D eigenvalue weighted by Gasteiger charge is -1.89. The minimum absolute atomic E-state index is 0.159. The Labute approximate surface area is 103 Å². The van der Waals surface area contributed by atoms with Gasteiger partial charge in [-0.3, -0.25) is 9.78 Å². The summed E-state index contributed by atoms with van der Waals surface area (Å²) in [7, 11) is 0. The van der Waals surface area contributed by atoms with E-state index in [1.54, 1.807) is 18.4 Å². The smallest absolute Gasteiger partial charge is 0.306 e. The average molecular weight is 259 g/mol. The number of nitrogens with one attached hydrogen (secondary N) is 1. The van der Waals surface area contributed by atoms with Crippen LogP contribution in [0.3, 0.4) is 0 Å². The molecule has 0 saturated carbocycles. The highest BCUT2D eigenvalue weighted by Crippen LogP contribution is 2.21. The normalized spacial score (nSPS) is 11.6. The Bertz CT molecular complexity index is 901. The highest BCUT2D eigenvalue weighted by Gasteiger charge is 2.13. The van der Waals surface area contributed by atoms with E-state index >= 15 is 0 Å². The molecule has 0 unspecified atom stereocenters. The number of rotatable bonds is 1. The predicted octanol–water partition coefficient (Wildman–Crippen LogP) is 1.29. The standard InChI is InChI=1S/C10H5N5O2S/c16-10-13-8-6(18-10)9-12-7(5-2-1-3-17-5)14-15(9)4-11-8/h1-4H,(H,13,16). The van der Waals surface area contributed by atoms with Crippen molar-refractivity contribution in [2.24, 2.45) is 0 Å². The van der Waals surface area contributed by atoms with Crippen LogP contribution in [0.5, 0.6) is 0 Å². The van der Waals surface area contributed by atoms with Gasteiger partial charge in [0, 0.05) is 0 Å². The lowest BCUT2D eigenvalue weighted by atomic mass is 10.4. The molecule has 0 saturated heterocycles. The number of hydrogen-bond acceptors (Lipinski definition) is 6. The minimum Gasteiger partial charge on any atom is -0.461 e. The zero-order valence-electron chi connectivity index (χ0n) is 8.82. The van der Waals surface area contributed by atoms with E-state index in [4.69, 9.17) is 4.42 Å². The van der Waals surface area contributed by atoms with Crippen molar-refractivity contribution in [3.63, 3.8) is 0 Å². The summed E-state index contributed by atoms with van der Waals surface area (Å²) in [5, 5.41) is 4.25. The molecule has 4 heterocycles. The van der Waals surface area contributed by atoms with Crippen molar-refractivity contribution >= 4 is 27.3 Å². The first-order valence-electron chi connectivity index (χ1n) is 5.09. The number of hydrogen-bond donors (Lipinski definition) is 1. The van der Waals surface area contributed by atoms with Crippen LogP contribution in [-0.4, -0.2) is 24.6 Å². The number of aromatic nitrogens is 5. The van der Waals surface area contributed by atoms with Gasteiger partial charge in [-0.1, -0.05) is 11.3 Å². The van der Waals surface area contributed by atoms with Crippen molar-refractivity contribution in [2.75, 3.05) is 0 Å². The Kier molecular flexibility index (Phi) is 1.73. The van der Waals surface area contributed by atoms with E-state index in [0.717, 1.165) is 11.3 Å². The molecular formula is C10H5N5O2S. The number of furan rings is 1. The maximum absolute atomic E-state index is 11.3. The van der Waals surface area contributed by atoms with Crippen molar-refractivity contribution in [3.8, 4) is 11.6 Å². The molecule has 4 aromatic heterocycles. The summed E-state index contributed by atoms with van der Waals surface area (Å²) in [6, 6.07) is 3.54. The largest absolute Gasteiger partial charge is 0.461 e. The second-order valence-electron chi connectivity index (χ2n) is 3.62. The minimum atomic E-state index is -0.159. The van der Waals surface area contributed by atoms with E-state index in [1.165, 1.54) is 10.8 Å². The van der Waals surface area contributed by atoms with Gasteiger partial charge in [0.25, 0.3) is 0 Å². The second kappa shape index (κ2) is 3.26. The molecule has 0 bridgehead atoms. The molecular weight excluding hydrogens is 254 g/mol. The van der Waals surface area contributed by atoms with E-state index in [1.807, 2.05) is 0 Å². The zero-order chi connectivity index (χ0) is 12.1. The number of nitrogens with zero attached hydrogens (tertiary/aromatic N) is 4. The van der Waals surface area contributed by atoms with E-state index < -0.39 is 0 Å². The number of H-pyrrole nitrogens is 1. The van der Waals surface area contributed by atoms with Gasteiger partial charge < -0.3 is 4.42 Å². The molecule has 0 radical (unpaired) electrons. The van der Waals surface area contributed by atoms with Crippen LogP contribution in [-0.2, 0) is 0 Å². The number of fused-ring (bicyclic) bond motifs is 3. The third-order valence-electron chi connectivity index (χ3n) is 2.50. The Morgan fingerprint density at radius 3 is 3.22 bits per heavy atom. The summed E-state index contributed by atoms with van der Waals surface area (Å²) in [4.78, 5) is 22.3. The molecule has 7 nitrogen and oxygen atoms in total.